The lowest BCUT2D eigenvalue weighted by atomic mass is 9.98. The van der Waals surface area contributed by atoms with Gasteiger partial charge in [0.2, 0.25) is 0 Å². The van der Waals surface area contributed by atoms with E-state index in [1.54, 1.807) is 36.4 Å². The number of ketones is 1. The Morgan fingerprint density at radius 2 is 1.31 bits per heavy atom. The van der Waals surface area contributed by atoms with Crippen LogP contribution in [0.3, 0.4) is 0 Å². The van der Waals surface area contributed by atoms with Gasteiger partial charge < -0.3 is 19.3 Å². The molecule has 0 bridgehead atoms. The van der Waals surface area contributed by atoms with Gasteiger partial charge in [-0.15, -0.1) is 0 Å². The maximum Gasteiger partial charge on any atom is 0.338 e. The largest absolute Gasteiger partial charge is 0.462 e. The molecule has 7 nitrogen and oxygen atoms in total. The molecule has 2 aromatic carbocycles. The van der Waals surface area contributed by atoms with Crippen LogP contribution in [0, 0.1) is 0 Å². The average Bonchev–Trinajstić information content (AvgIpc) is 3.20. The van der Waals surface area contributed by atoms with Gasteiger partial charge >= 0.3 is 11.9 Å². The summed E-state index contributed by atoms with van der Waals surface area (Å²) in [6.45, 7) is 14.6. The van der Waals surface area contributed by atoms with Crippen molar-refractivity contribution < 1.29 is 23.9 Å². The van der Waals surface area contributed by atoms with Crippen molar-refractivity contribution in [3.05, 3.63) is 58.7 Å². The molecule has 0 unspecified atom stereocenters. The van der Waals surface area contributed by atoms with Crippen molar-refractivity contribution >= 4 is 17.7 Å². The smallest absolute Gasteiger partial charge is 0.338 e. The van der Waals surface area contributed by atoms with Crippen LogP contribution in [0.5, 0.6) is 0 Å². The summed E-state index contributed by atoms with van der Waals surface area (Å²) >= 11 is 0. The second kappa shape index (κ2) is 13.3. The summed E-state index contributed by atoms with van der Waals surface area (Å²) in [5, 5.41) is 0. The number of fused-ring (bicyclic) bond motifs is 3. The number of benzene rings is 2. The minimum atomic E-state index is -0.450. The Balaban J connectivity index is 1.68. The van der Waals surface area contributed by atoms with Crippen LogP contribution in [0.15, 0.2) is 36.4 Å². The molecule has 0 radical (unpaired) electrons. The molecular formula is C29H38N2O5. The third-order valence-electron chi connectivity index (χ3n) is 6.79. The SMILES string of the molecule is CCN(CC)CCCOC(=O)c1ccc2c(c1)C(=O)c1cccc(C(=O)OCCCN(CC)CC)c1-2. The molecular weight excluding hydrogens is 456 g/mol. The zero-order chi connectivity index (χ0) is 26.1. The summed E-state index contributed by atoms with van der Waals surface area (Å²) in [6.07, 6.45) is 1.50. The van der Waals surface area contributed by atoms with Gasteiger partial charge in [0.15, 0.2) is 5.78 Å². The van der Waals surface area contributed by atoms with Crippen molar-refractivity contribution in [2.24, 2.45) is 0 Å². The van der Waals surface area contributed by atoms with Gasteiger partial charge in [0.25, 0.3) is 0 Å². The zero-order valence-corrected chi connectivity index (χ0v) is 22.0. The van der Waals surface area contributed by atoms with E-state index in [1.807, 2.05) is 0 Å². The van der Waals surface area contributed by atoms with E-state index in [0.29, 0.717) is 46.6 Å². The molecule has 0 aliphatic heterocycles. The number of esters is 2. The Labute approximate surface area is 214 Å². The van der Waals surface area contributed by atoms with Gasteiger partial charge in [-0.3, -0.25) is 4.79 Å². The van der Waals surface area contributed by atoms with Gasteiger partial charge in [-0.25, -0.2) is 9.59 Å². The monoisotopic (exact) mass is 494 g/mol. The van der Waals surface area contributed by atoms with Crippen molar-refractivity contribution in [2.45, 2.75) is 40.5 Å². The summed E-state index contributed by atoms with van der Waals surface area (Å²) in [4.78, 5) is 43.2. The van der Waals surface area contributed by atoms with E-state index in [2.05, 4.69) is 37.5 Å². The van der Waals surface area contributed by atoms with E-state index < -0.39 is 11.9 Å². The fourth-order valence-corrected chi connectivity index (χ4v) is 4.57. The van der Waals surface area contributed by atoms with E-state index in [-0.39, 0.29) is 5.78 Å². The first kappa shape index (κ1) is 27.6. The molecule has 36 heavy (non-hydrogen) atoms. The second-order valence-corrected chi connectivity index (χ2v) is 8.85. The van der Waals surface area contributed by atoms with Crippen LogP contribution in [-0.4, -0.2) is 80.0 Å². The topological polar surface area (TPSA) is 76.1 Å². The predicted molar refractivity (Wildman–Crippen MR) is 141 cm³/mol. The average molecular weight is 495 g/mol. The highest BCUT2D eigenvalue weighted by atomic mass is 16.5. The van der Waals surface area contributed by atoms with E-state index in [0.717, 1.165) is 52.1 Å². The third kappa shape index (κ3) is 6.39. The summed E-state index contributed by atoms with van der Waals surface area (Å²) in [5.74, 6) is -1.09. The molecule has 0 fully saturated rings. The van der Waals surface area contributed by atoms with Crippen LogP contribution in [0.2, 0.25) is 0 Å². The first-order chi connectivity index (χ1) is 17.4. The molecule has 0 amide bonds. The zero-order valence-electron chi connectivity index (χ0n) is 22.0. The quantitative estimate of drug-likeness (QED) is 0.238. The molecule has 0 aromatic heterocycles. The molecule has 1 aliphatic rings. The fraction of sp³-hybridized carbons (Fsp3) is 0.483. The van der Waals surface area contributed by atoms with Crippen LogP contribution in [-0.2, 0) is 9.47 Å². The third-order valence-corrected chi connectivity index (χ3v) is 6.79. The molecule has 0 saturated heterocycles. The Morgan fingerprint density at radius 3 is 1.89 bits per heavy atom. The predicted octanol–water partition coefficient (Wildman–Crippen LogP) is 4.68. The van der Waals surface area contributed by atoms with Crippen molar-refractivity contribution in [1.29, 1.82) is 0 Å². The van der Waals surface area contributed by atoms with Crippen LogP contribution in [0.1, 0.15) is 77.2 Å². The van der Waals surface area contributed by atoms with Crippen molar-refractivity contribution in [2.75, 3.05) is 52.5 Å². The number of carbonyl (C=O) groups is 3. The van der Waals surface area contributed by atoms with E-state index in [1.165, 1.54) is 0 Å². The number of rotatable bonds is 14. The number of carbonyl (C=O) groups excluding carboxylic acids is 3. The van der Waals surface area contributed by atoms with Crippen LogP contribution >= 0.6 is 0 Å². The maximum absolute atomic E-state index is 13.1. The lowest BCUT2D eigenvalue weighted by Gasteiger charge is -2.17. The maximum atomic E-state index is 13.1. The molecule has 0 spiro atoms. The molecule has 0 N–H and O–H groups in total. The number of hydrogen-bond acceptors (Lipinski definition) is 7. The molecule has 0 heterocycles. The highest BCUT2D eigenvalue weighted by Crippen LogP contribution is 2.39. The molecule has 3 rings (SSSR count). The van der Waals surface area contributed by atoms with Crippen molar-refractivity contribution in [1.82, 2.24) is 9.80 Å². The number of ether oxygens (including phenoxy) is 2. The lowest BCUT2D eigenvalue weighted by molar-refractivity contribution is 0.0480. The van der Waals surface area contributed by atoms with Gasteiger partial charge in [-0.1, -0.05) is 45.9 Å². The van der Waals surface area contributed by atoms with Crippen molar-refractivity contribution in [3.8, 4) is 11.1 Å². The second-order valence-electron chi connectivity index (χ2n) is 8.85. The van der Waals surface area contributed by atoms with Gasteiger partial charge in [0.1, 0.15) is 0 Å². The van der Waals surface area contributed by atoms with E-state index in [4.69, 9.17) is 9.47 Å². The highest BCUT2D eigenvalue weighted by molar-refractivity contribution is 6.24. The van der Waals surface area contributed by atoms with Gasteiger partial charge in [0, 0.05) is 29.8 Å². The van der Waals surface area contributed by atoms with E-state index >= 15 is 0 Å². The molecule has 7 heteroatoms. The molecule has 0 atom stereocenters. The minimum Gasteiger partial charge on any atom is -0.462 e. The van der Waals surface area contributed by atoms with Gasteiger partial charge in [-0.2, -0.15) is 0 Å². The van der Waals surface area contributed by atoms with Crippen LogP contribution < -0.4 is 0 Å². The summed E-state index contributed by atoms with van der Waals surface area (Å²) < 4.78 is 11.0. The standard InChI is InChI=1S/C29H38N2O5/c1-5-30(6-2)16-10-18-35-28(33)21-14-15-22-25(20-21)27(32)23-12-9-13-24(26(22)23)29(34)36-19-11-17-31(7-3)8-4/h9,12-15,20H,5-8,10-11,16-19H2,1-4H3. The van der Waals surface area contributed by atoms with Crippen LogP contribution in [0.4, 0.5) is 0 Å². The first-order valence-corrected chi connectivity index (χ1v) is 13.1. The summed E-state index contributed by atoms with van der Waals surface area (Å²) in [5.41, 5.74) is 2.78. The number of hydrogen-bond donors (Lipinski definition) is 0. The van der Waals surface area contributed by atoms with Crippen LogP contribution in [0.25, 0.3) is 11.1 Å². The Morgan fingerprint density at radius 1 is 0.722 bits per heavy atom. The molecule has 0 saturated carbocycles. The molecule has 194 valence electrons. The van der Waals surface area contributed by atoms with E-state index in [9.17, 15) is 14.4 Å². The minimum absolute atomic E-state index is 0.202. The number of nitrogens with zero attached hydrogens (tertiary/aromatic N) is 2. The normalized spacial score (nSPS) is 12.1. The highest BCUT2D eigenvalue weighted by Gasteiger charge is 2.32. The first-order valence-electron chi connectivity index (χ1n) is 13.1. The Bertz CT molecular complexity index is 1070. The summed E-state index contributed by atoms with van der Waals surface area (Å²) in [6, 6.07) is 10.0. The lowest BCUT2D eigenvalue weighted by Crippen LogP contribution is -2.25. The Kier molecular flexibility index (Phi) is 10.2. The van der Waals surface area contributed by atoms with Gasteiger partial charge in [-0.05, 0) is 62.8 Å². The fourth-order valence-electron chi connectivity index (χ4n) is 4.57. The molecule has 2 aromatic rings. The van der Waals surface area contributed by atoms with Crippen molar-refractivity contribution in [3.63, 3.8) is 0 Å². The summed E-state index contributed by atoms with van der Waals surface area (Å²) in [7, 11) is 0. The van der Waals surface area contributed by atoms with Gasteiger partial charge in [0.05, 0.1) is 24.3 Å². The Hall–Kier alpha value is -3.03. The molecule has 1 aliphatic carbocycles.